The molecule has 0 aromatic heterocycles. The molecule has 2 aliphatic heterocycles. The second-order valence-corrected chi connectivity index (χ2v) is 3.27. The molecule has 1 atom stereocenters. The molecule has 0 spiro atoms. The van der Waals surface area contributed by atoms with Crippen LogP contribution in [0, 0.1) is 0 Å². The van der Waals surface area contributed by atoms with Crippen molar-refractivity contribution in [3.63, 3.8) is 0 Å². The van der Waals surface area contributed by atoms with Gasteiger partial charge in [-0.3, -0.25) is 9.69 Å². The lowest BCUT2D eigenvalue weighted by Gasteiger charge is -2.21. The van der Waals surface area contributed by atoms with Gasteiger partial charge in [-0.15, -0.1) is 0 Å². The minimum Gasteiger partial charge on any atom is -0.326 e. The second-order valence-electron chi connectivity index (χ2n) is 3.27. The van der Waals surface area contributed by atoms with Crippen molar-refractivity contribution < 1.29 is 9.59 Å². The summed E-state index contributed by atoms with van der Waals surface area (Å²) >= 11 is 0. The van der Waals surface area contributed by atoms with Gasteiger partial charge >= 0.3 is 0 Å². The van der Waals surface area contributed by atoms with Crippen LogP contribution in [0.1, 0.15) is 12.8 Å². The van der Waals surface area contributed by atoms with Crippen LogP contribution in [0.25, 0.3) is 0 Å². The molecule has 0 radical (unpaired) electrons. The zero-order valence-electron chi connectivity index (χ0n) is 6.90. The number of carbonyl (C=O) groups is 2. The van der Waals surface area contributed by atoms with Crippen molar-refractivity contribution in [2.75, 3.05) is 19.6 Å². The molecule has 0 bridgehead atoms. The van der Waals surface area contributed by atoms with Crippen molar-refractivity contribution in [1.82, 2.24) is 9.80 Å². The number of rotatable bonds is 2. The molecule has 2 fully saturated rings. The molecular formula is C8H12N2O2. The first-order chi connectivity index (χ1) is 5.83. The summed E-state index contributed by atoms with van der Waals surface area (Å²) in [5.41, 5.74) is 0. The van der Waals surface area contributed by atoms with Crippen LogP contribution in [-0.4, -0.2) is 47.8 Å². The van der Waals surface area contributed by atoms with E-state index in [9.17, 15) is 9.59 Å². The standard InChI is InChI=1S/C8H12N2O2/c11-6-5-9-3-4-10-7(9)1-2-8(10)12/h6-7H,1-5H2. The van der Waals surface area contributed by atoms with Gasteiger partial charge in [0, 0.05) is 19.5 Å². The van der Waals surface area contributed by atoms with Crippen LogP contribution in [0.15, 0.2) is 0 Å². The van der Waals surface area contributed by atoms with Crippen molar-refractivity contribution in [3.8, 4) is 0 Å². The minimum atomic E-state index is 0.225. The van der Waals surface area contributed by atoms with Gasteiger partial charge in [-0.2, -0.15) is 0 Å². The molecule has 0 N–H and O–H groups in total. The van der Waals surface area contributed by atoms with Crippen LogP contribution in [-0.2, 0) is 9.59 Å². The molecular weight excluding hydrogens is 156 g/mol. The van der Waals surface area contributed by atoms with E-state index in [-0.39, 0.29) is 12.1 Å². The van der Waals surface area contributed by atoms with Crippen LogP contribution < -0.4 is 0 Å². The summed E-state index contributed by atoms with van der Waals surface area (Å²) < 4.78 is 0. The van der Waals surface area contributed by atoms with Gasteiger partial charge in [-0.25, -0.2) is 0 Å². The van der Waals surface area contributed by atoms with Gasteiger partial charge in [0.05, 0.1) is 12.7 Å². The number of aldehydes is 1. The molecule has 66 valence electrons. The van der Waals surface area contributed by atoms with E-state index in [2.05, 4.69) is 4.90 Å². The van der Waals surface area contributed by atoms with Crippen LogP contribution in [0.5, 0.6) is 0 Å². The van der Waals surface area contributed by atoms with E-state index in [0.717, 1.165) is 25.8 Å². The second kappa shape index (κ2) is 2.86. The van der Waals surface area contributed by atoms with Gasteiger partial charge in [-0.1, -0.05) is 0 Å². The quantitative estimate of drug-likeness (QED) is 0.519. The number of carbonyl (C=O) groups excluding carboxylic acids is 2. The predicted molar refractivity (Wildman–Crippen MR) is 42.4 cm³/mol. The number of fused-ring (bicyclic) bond motifs is 1. The summed E-state index contributed by atoms with van der Waals surface area (Å²) in [5, 5.41) is 0. The maximum absolute atomic E-state index is 11.2. The van der Waals surface area contributed by atoms with E-state index >= 15 is 0 Å². The summed E-state index contributed by atoms with van der Waals surface area (Å²) in [6.45, 7) is 2.13. The third-order valence-corrected chi connectivity index (χ3v) is 2.66. The average molecular weight is 168 g/mol. The van der Waals surface area contributed by atoms with Crippen molar-refractivity contribution >= 4 is 12.2 Å². The molecule has 0 aliphatic carbocycles. The Kier molecular flexibility index (Phi) is 1.84. The fraction of sp³-hybridized carbons (Fsp3) is 0.750. The van der Waals surface area contributed by atoms with Crippen LogP contribution in [0.3, 0.4) is 0 Å². The van der Waals surface area contributed by atoms with E-state index < -0.39 is 0 Å². The van der Waals surface area contributed by atoms with E-state index in [1.165, 1.54) is 0 Å². The van der Waals surface area contributed by atoms with E-state index in [1.54, 1.807) is 0 Å². The predicted octanol–water partition coefficient (Wildman–Crippen LogP) is -0.551. The average Bonchev–Trinajstić information content (AvgIpc) is 2.58. The highest BCUT2D eigenvalue weighted by atomic mass is 16.2. The van der Waals surface area contributed by atoms with Gasteiger partial charge in [-0.05, 0) is 6.42 Å². The van der Waals surface area contributed by atoms with E-state index in [0.29, 0.717) is 13.0 Å². The van der Waals surface area contributed by atoms with Gasteiger partial charge < -0.3 is 9.69 Å². The third-order valence-electron chi connectivity index (χ3n) is 2.66. The largest absolute Gasteiger partial charge is 0.326 e. The molecule has 1 unspecified atom stereocenters. The number of nitrogens with zero attached hydrogens (tertiary/aromatic N) is 2. The highest BCUT2D eigenvalue weighted by Gasteiger charge is 2.39. The Morgan fingerprint density at radius 1 is 1.50 bits per heavy atom. The van der Waals surface area contributed by atoms with Gasteiger partial charge in [0.2, 0.25) is 5.91 Å². The highest BCUT2D eigenvalue weighted by Crippen LogP contribution is 2.25. The lowest BCUT2D eigenvalue weighted by molar-refractivity contribution is -0.128. The summed E-state index contributed by atoms with van der Waals surface area (Å²) in [5.74, 6) is 0.244. The maximum atomic E-state index is 11.2. The lowest BCUT2D eigenvalue weighted by Crippen LogP contribution is -2.36. The van der Waals surface area contributed by atoms with E-state index in [1.807, 2.05) is 4.90 Å². The smallest absolute Gasteiger partial charge is 0.223 e. The Labute approximate surface area is 71.1 Å². The Morgan fingerprint density at radius 3 is 3.08 bits per heavy atom. The zero-order chi connectivity index (χ0) is 8.55. The summed E-state index contributed by atoms with van der Waals surface area (Å²) in [6.07, 6.45) is 2.68. The molecule has 1 amide bonds. The summed E-state index contributed by atoms with van der Waals surface area (Å²) in [7, 11) is 0. The first kappa shape index (κ1) is 7.73. The fourth-order valence-electron chi connectivity index (χ4n) is 2.07. The first-order valence-corrected chi connectivity index (χ1v) is 4.30. The number of hydrogen-bond acceptors (Lipinski definition) is 3. The Balaban J connectivity index is 2.05. The summed E-state index contributed by atoms with van der Waals surface area (Å²) in [4.78, 5) is 25.4. The molecule has 0 aromatic rings. The van der Waals surface area contributed by atoms with Crippen molar-refractivity contribution in [3.05, 3.63) is 0 Å². The van der Waals surface area contributed by atoms with E-state index in [4.69, 9.17) is 0 Å². The zero-order valence-corrected chi connectivity index (χ0v) is 6.90. The lowest BCUT2D eigenvalue weighted by atomic mass is 10.3. The van der Waals surface area contributed by atoms with Gasteiger partial charge in [0.25, 0.3) is 0 Å². The highest BCUT2D eigenvalue weighted by molar-refractivity contribution is 5.79. The van der Waals surface area contributed by atoms with Crippen molar-refractivity contribution in [2.24, 2.45) is 0 Å². The molecule has 4 nitrogen and oxygen atoms in total. The third kappa shape index (κ3) is 1.03. The molecule has 0 aromatic carbocycles. The summed E-state index contributed by atoms with van der Waals surface area (Å²) in [6, 6.07) is 0. The normalized spacial score (nSPS) is 29.5. The fourth-order valence-corrected chi connectivity index (χ4v) is 2.07. The topological polar surface area (TPSA) is 40.6 Å². The molecule has 2 saturated heterocycles. The van der Waals surface area contributed by atoms with Crippen LogP contribution in [0.4, 0.5) is 0 Å². The van der Waals surface area contributed by atoms with Crippen LogP contribution >= 0.6 is 0 Å². The van der Waals surface area contributed by atoms with Gasteiger partial charge in [0.15, 0.2) is 0 Å². The first-order valence-electron chi connectivity index (χ1n) is 4.30. The molecule has 4 heteroatoms. The SMILES string of the molecule is O=CCN1CCN2C(=O)CCC12. The number of hydrogen-bond donors (Lipinski definition) is 0. The monoisotopic (exact) mass is 168 g/mol. The molecule has 2 heterocycles. The molecule has 12 heavy (non-hydrogen) atoms. The molecule has 2 aliphatic rings. The molecule has 2 rings (SSSR count). The van der Waals surface area contributed by atoms with Crippen molar-refractivity contribution in [1.29, 1.82) is 0 Å². The number of amides is 1. The van der Waals surface area contributed by atoms with Crippen LogP contribution in [0.2, 0.25) is 0 Å². The minimum absolute atomic E-state index is 0.225. The van der Waals surface area contributed by atoms with Crippen molar-refractivity contribution in [2.45, 2.75) is 19.0 Å². The molecule has 0 saturated carbocycles. The Bertz CT molecular complexity index is 217. The Hall–Kier alpha value is -0.900. The van der Waals surface area contributed by atoms with Gasteiger partial charge in [0.1, 0.15) is 6.29 Å². The Morgan fingerprint density at radius 2 is 2.33 bits per heavy atom. The maximum Gasteiger partial charge on any atom is 0.223 e.